The van der Waals surface area contributed by atoms with Crippen LogP contribution in [0, 0.1) is 11.6 Å². The summed E-state index contributed by atoms with van der Waals surface area (Å²) in [6.07, 6.45) is 1.22. The molecule has 13 heteroatoms. The maximum absolute atomic E-state index is 16.4. The second kappa shape index (κ2) is 12.5. The van der Waals surface area contributed by atoms with Crippen molar-refractivity contribution in [3.05, 3.63) is 110 Å². The van der Waals surface area contributed by atoms with Crippen LogP contribution in [-0.2, 0) is 0 Å². The van der Waals surface area contributed by atoms with E-state index in [2.05, 4.69) is 10.4 Å². The Morgan fingerprint density at radius 1 is 1.14 bits per heavy atom. The molecule has 0 aliphatic carbocycles. The molecule has 0 saturated carbocycles. The van der Waals surface area contributed by atoms with Crippen LogP contribution in [0.5, 0.6) is 0 Å². The number of nitrogens with zero attached hydrogens (tertiary/aromatic N) is 4. The van der Waals surface area contributed by atoms with E-state index in [1.165, 1.54) is 12.1 Å². The third-order valence-corrected chi connectivity index (χ3v) is 7.98. The Morgan fingerprint density at radius 3 is 2.47 bits per heavy atom. The fraction of sp³-hybridized carbons (Fsp3) is 0.233. The van der Waals surface area contributed by atoms with Gasteiger partial charge >= 0.3 is 5.69 Å². The Bertz CT molecular complexity index is 1760. The lowest BCUT2D eigenvalue weighted by Crippen LogP contribution is -2.47. The van der Waals surface area contributed by atoms with E-state index in [9.17, 15) is 14.4 Å². The van der Waals surface area contributed by atoms with E-state index in [1.54, 1.807) is 24.0 Å². The topological polar surface area (TPSA) is 115 Å². The number of primary amides is 1. The zero-order valence-corrected chi connectivity index (χ0v) is 24.5. The second-order valence-corrected chi connectivity index (χ2v) is 10.6. The van der Waals surface area contributed by atoms with Crippen LogP contribution in [0.3, 0.4) is 0 Å². The van der Waals surface area contributed by atoms with Crippen LogP contribution < -0.4 is 21.6 Å². The number of anilines is 1. The minimum atomic E-state index is -1.37. The fourth-order valence-corrected chi connectivity index (χ4v) is 5.76. The first-order valence-electron chi connectivity index (χ1n) is 13.5. The highest BCUT2D eigenvalue weighted by Gasteiger charge is 2.36. The minimum Gasteiger partial charge on any atom is -0.365 e. The smallest absolute Gasteiger partial charge is 0.351 e. The summed E-state index contributed by atoms with van der Waals surface area (Å²) in [5, 5.41) is 8.88. The van der Waals surface area contributed by atoms with E-state index in [-0.39, 0.29) is 24.2 Å². The van der Waals surface area contributed by atoms with Crippen molar-refractivity contribution in [3.8, 4) is 5.69 Å². The summed E-state index contributed by atoms with van der Waals surface area (Å²) < 4.78 is 34.0. The van der Waals surface area contributed by atoms with Gasteiger partial charge in [-0.15, -0.1) is 0 Å². The molecule has 0 radical (unpaired) electrons. The summed E-state index contributed by atoms with van der Waals surface area (Å²) in [7, 11) is 0. The minimum absolute atomic E-state index is 0.0379. The molecule has 3 aromatic carbocycles. The fourth-order valence-electron chi connectivity index (χ4n) is 5.42. The van der Waals surface area contributed by atoms with Gasteiger partial charge in [-0.05, 0) is 36.2 Å². The van der Waals surface area contributed by atoms with Crippen molar-refractivity contribution in [3.63, 3.8) is 0 Å². The number of amides is 1. The van der Waals surface area contributed by atoms with Gasteiger partial charge in [0.2, 0.25) is 0 Å². The number of hydrogen-bond donors (Lipinski definition) is 2. The molecular weight excluding hydrogens is 598 g/mol. The summed E-state index contributed by atoms with van der Waals surface area (Å²) in [5.41, 5.74) is 3.89. The molecule has 0 bridgehead atoms. The number of aromatic nitrogens is 3. The molecule has 2 atom stereocenters. The highest BCUT2D eigenvalue weighted by molar-refractivity contribution is 7.79. The normalized spacial score (nSPS) is 15.7. The van der Waals surface area contributed by atoms with Gasteiger partial charge in [0.1, 0.15) is 29.4 Å². The number of halogens is 3. The average molecular weight is 625 g/mol. The van der Waals surface area contributed by atoms with Gasteiger partial charge in [0, 0.05) is 41.2 Å². The number of thiocarbonyl (C=S) groups is 1. The van der Waals surface area contributed by atoms with Crippen molar-refractivity contribution in [2.24, 2.45) is 5.73 Å². The first kappa shape index (κ1) is 30.2. The van der Waals surface area contributed by atoms with Crippen LogP contribution >= 0.6 is 23.8 Å². The molecule has 1 amide bonds. The molecule has 1 aromatic heterocycles. The Balaban J connectivity index is 1.74. The number of carbonyl (C=O) groups is 2. The van der Waals surface area contributed by atoms with Crippen LogP contribution in [0.1, 0.15) is 57.3 Å². The maximum Gasteiger partial charge on any atom is 0.351 e. The molecule has 2 unspecified atom stereocenters. The number of benzene rings is 3. The monoisotopic (exact) mass is 624 g/mol. The summed E-state index contributed by atoms with van der Waals surface area (Å²) in [6.45, 7) is 2.87. The Hall–Kier alpha value is -4.26. The summed E-state index contributed by atoms with van der Waals surface area (Å²) in [4.78, 5) is 41.3. The number of Topliss-reactive ketones (excluding diaryl/α,β-unsaturated/α-hetero) is 1. The predicted molar refractivity (Wildman–Crippen MR) is 164 cm³/mol. The van der Waals surface area contributed by atoms with E-state index >= 15 is 8.78 Å². The molecule has 1 fully saturated rings. The molecule has 1 aliphatic heterocycles. The van der Waals surface area contributed by atoms with E-state index < -0.39 is 52.3 Å². The zero-order chi connectivity index (χ0) is 30.8. The van der Waals surface area contributed by atoms with Gasteiger partial charge in [-0.3, -0.25) is 9.59 Å². The van der Waals surface area contributed by atoms with Crippen LogP contribution in [0.4, 0.5) is 14.5 Å². The van der Waals surface area contributed by atoms with Crippen molar-refractivity contribution in [2.45, 2.75) is 25.4 Å². The van der Waals surface area contributed by atoms with E-state index in [1.807, 2.05) is 30.3 Å². The molecule has 4 aromatic rings. The van der Waals surface area contributed by atoms with Gasteiger partial charge in [-0.1, -0.05) is 61.1 Å². The maximum atomic E-state index is 16.4. The van der Waals surface area contributed by atoms with E-state index in [0.29, 0.717) is 23.7 Å². The molecule has 0 spiro atoms. The first-order chi connectivity index (χ1) is 20.7. The third-order valence-electron chi connectivity index (χ3n) is 7.49. The molecule has 1 saturated heterocycles. The number of rotatable bonds is 9. The molecule has 3 N–H and O–H groups in total. The molecule has 222 valence electrons. The predicted octanol–water partition coefficient (Wildman–Crippen LogP) is 4.40. The highest BCUT2D eigenvalue weighted by atomic mass is 35.5. The largest absolute Gasteiger partial charge is 0.365 e. The SMILES string of the molecule is CCC(C(=O)c1ccc(Cl)cc1)n1ncn(-c2c(F)c(C(N)=O)c(F)c(C=S)c2N2CCNCC2c2ccccc2)c1=O. The first-order valence-corrected chi connectivity index (χ1v) is 14.3. The third kappa shape index (κ3) is 5.49. The van der Waals surface area contributed by atoms with Gasteiger partial charge in [0.15, 0.2) is 11.6 Å². The van der Waals surface area contributed by atoms with Gasteiger partial charge in [-0.2, -0.15) is 5.10 Å². The molecule has 5 rings (SSSR count). The number of hydrogen-bond acceptors (Lipinski definition) is 7. The quantitative estimate of drug-likeness (QED) is 0.210. The molecular formula is C30H27ClF2N6O3S. The Morgan fingerprint density at radius 2 is 1.84 bits per heavy atom. The van der Waals surface area contributed by atoms with Gasteiger partial charge in [-0.25, -0.2) is 22.8 Å². The summed E-state index contributed by atoms with van der Waals surface area (Å²) in [6, 6.07) is 14.0. The highest BCUT2D eigenvalue weighted by Crippen LogP contribution is 2.39. The number of carbonyl (C=O) groups excluding carboxylic acids is 2. The van der Waals surface area contributed by atoms with Crippen LogP contribution in [-0.4, -0.2) is 51.0 Å². The number of piperazine rings is 1. The van der Waals surface area contributed by atoms with Crippen molar-refractivity contribution >= 4 is 46.6 Å². The number of nitrogens with two attached hydrogens (primary N) is 1. The van der Waals surface area contributed by atoms with Crippen molar-refractivity contribution < 1.29 is 18.4 Å². The van der Waals surface area contributed by atoms with Crippen molar-refractivity contribution in [2.75, 3.05) is 24.5 Å². The Kier molecular flexibility index (Phi) is 8.81. The molecule has 9 nitrogen and oxygen atoms in total. The standard InChI is InChI=1S/C30H27ClF2N6O3S/c1-2-21(28(40)18-8-10-19(31)11-9-18)39-30(42)38(16-36-39)27-25(33)23(29(34)41)24(32)20(15-43)26(27)37-13-12-35-14-22(37)17-6-4-3-5-7-17/h3-11,15-16,21-22,35H,2,12-14H2,1H3,(H2,34,41). The average Bonchev–Trinajstić information content (AvgIpc) is 3.38. The van der Waals surface area contributed by atoms with Crippen LogP contribution in [0.2, 0.25) is 5.02 Å². The molecule has 1 aliphatic rings. The molecule has 43 heavy (non-hydrogen) atoms. The summed E-state index contributed by atoms with van der Waals surface area (Å²) in [5.74, 6) is -4.35. The van der Waals surface area contributed by atoms with Crippen molar-refractivity contribution in [1.82, 2.24) is 19.7 Å². The van der Waals surface area contributed by atoms with E-state index in [0.717, 1.165) is 26.5 Å². The lowest BCUT2D eigenvalue weighted by Gasteiger charge is -2.40. The van der Waals surface area contributed by atoms with Crippen LogP contribution in [0.15, 0.2) is 65.7 Å². The molecule has 2 heterocycles. The van der Waals surface area contributed by atoms with Crippen LogP contribution in [0.25, 0.3) is 5.69 Å². The Labute approximate surface area is 255 Å². The van der Waals surface area contributed by atoms with E-state index in [4.69, 9.17) is 29.6 Å². The number of nitrogens with one attached hydrogen (secondary N) is 1. The second-order valence-electron chi connectivity index (χ2n) is 9.94. The lowest BCUT2D eigenvalue weighted by molar-refractivity contribution is 0.0911. The van der Waals surface area contributed by atoms with Gasteiger partial charge in [0.05, 0.1) is 11.7 Å². The van der Waals surface area contributed by atoms with Gasteiger partial charge in [0.25, 0.3) is 5.91 Å². The summed E-state index contributed by atoms with van der Waals surface area (Å²) >= 11 is 11.1. The zero-order valence-electron chi connectivity index (χ0n) is 23.0. The number of ketones is 1. The van der Waals surface area contributed by atoms with Crippen molar-refractivity contribution in [1.29, 1.82) is 0 Å². The van der Waals surface area contributed by atoms with Gasteiger partial charge < -0.3 is 16.0 Å². The lowest BCUT2D eigenvalue weighted by atomic mass is 9.98.